The minimum Gasteiger partial charge on any atom is -0.497 e. The van der Waals surface area contributed by atoms with Crippen molar-refractivity contribution < 1.29 is 32.5 Å². The number of hydrogen-bond donors (Lipinski definition) is 2. The highest BCUT2D eigenvalue weighted by Gasteiger charge is 2.37. The highest BCUT2D eigenvalue weighted by molar-refractivity contribution is 5.63. The fourth-order valence-electron chi connectivity index (χ4n) is 2.04. The van der Waals surface area contributed by atoms with Crippen LogP contribution < -0.4 is 4.74 Å². The topological polar surface area (TPSA) is 62.6 Å². The SMILES string of the molecule is COc1ccc(F)c(-c2ccc([C@H](O)CO)c(C(F)(F)F)n2)c1. The molecule has 2 N–H and O–H groups in total. The second kappa shape index (κ2) is 6.51. The van der Waals surface area contributed by atoms with E-state index in [0.717, 1.165) is 18.2 Å². The van der Waals surface area contributed by atoms with E-state index in [2.05, 4.69) is 4.98 Å². The van der Waals surface area contributed by atoms with Crippen LogP contribution in [0.2, 0.25) is 0 Å². The third kappa shape index (κ3) is 3.59. The number of halogens is 4. The van der Waals surface area contributed by atoms with Gasteiger partial charge >= 0.3 is 6.18 Å². The van der Waals surface area contributed by atoms with Crippen molar-refractivity contribution in [2.24, 2.45) is 0 Å². The van der Waals surface area contributed by atoms with Crippen LogP contribution in [0.25, 0.3) is 11.3 Å². The number of aliphatic hydroxyl groups excluding tert-OH is 2. The number of ether oxygens (including phenoxy) is 1. The molecule has 0 saturated heterocycles. The number of benzene rings is 1. The van der Waals surface area contributed by atoms with Crippen molar-refractivity contribution in [3.63, 3.8) is 0 Å². The van der Waals surface area contributed by atoms with Gasteiger partial charge in [-0.2, -0.15) is 13.2 Å². The van der Waals surface area contributed by atoms with Crippen LogP contribution in [0.3, 0.4) is 0 Å². The van der Waals surface area contributed by atoms with Gasteiger partial charge in [-0.05, 0) is 24.3 Å². The van der Waals surface area contributed by atoms with E-state index in [1.807, 2.05) is 0 Å². The minimum absolute atomic E-state index is 0.167. The van der Waals surface area contributed by atoms with Crippen molar-refractivity contribution in [1.29, 1.82) is 0 Å². The summed E-state index contributed by atoms with van der Waals surface area (Å²) in [5, 5.41) is 18.3. The first-order valence-corrected chi connectivity index (χ1v) is 6.49. The first kappa shape index (κ1) is 17.2. The third-order valence-corrected chi connectivity index (χ3v) is 3.18. The van der Waals surface area contributed by atoms with Crippen LogP contribution in [-0.2, 0) is 6.18 Å². The van der Waals surface area contributed by atoms with E-state index in [1.165, 1.54) is 19.2 Å². The Morgan fingerprint density at radius 2 is 1.91 bits per heavy atom. The molecule has 0 aliphatic heterocycles. The van der Waals surface area contributed by atoms with Gasteiger partial charge in [-0.1, -0.05) is 6.07 Å². The maximum absolute atomic E-state index is 13.9. The fraction of sp³-hybridized carbons (Fsp3) is 0.267. The smallest absolute Gasteiger partial charge is 0.433 e. The van der Waals surface area contributed by atoms with Gasteiger partial charge in [0, 0.05) is 11.1 Å². The lowest BCUT2D eigenvalue weighted by atomic mass is 10.0. The van der Waals surface area contributed by atoms with Gasteiger partial charge in [-0.3, -0.25) is 0 Å². The number of alkyl halides is 3. The fourth-order valence-corrected chi connectivity index (χ4v) is 2.04. The summed E-state index contributed by atoms with van der Waals surface area (Å²) >= 11 is 0. The van der Waals surface area contributed by atoms with E-state index < -0.39 is 36.0 Å². The highest BCUT2D eigenvalue weighted by Crippen LogP contribution is 2.35. The maximum atomic E-state index is 13.9. The second-order valence-electron chi connectivity index (χ2n) is 4.68. The molecule has 0 radical (unpaired) electrons. The van der Waals surface area contributed by atoms with Gasteiger partial charge in [-0.25, -0.2) is 9.37 Å². The summed E-state index contributed by atoms with van der Waals surface area (Å²) in [4.78, 5) is 3.43. The molecule has 2 rings (SSSR count). The third-order valence-electron chi connectivity index (χ3n) is 3.18. The number of aliphatic hydroxyl groups is 2. The van der Waals surface area contributed by atoms with E-state index >= 15 is 0 Å². The van der Waals surface area contributed by atoms with Crippen LogP contribution in [-0.4, -0.2) is 28.9 Å². The summed E-state index contributed by atoms with van der Waals surface area (Å²) in [6.07, 6.45) is -6.60. The molecule has 1 aromatic carbocycles. The Balaban J connectivity index is 2.62. The van der Waals surface area contributed by atoms with Gasteiger partial charge in [-0.15, -0.1) is 0 Å². The van der Waals surface area contributed by atoms with Crippen LogP contribution in [0, 0.1) is 5.82 Å². The summed E-state index contributed by atoms with van der Waals surface area (Å²) in [7, 11) is 1.34. The Bertz CT molecular complexity index is 704. The Hall–Kier alpha value is -2.19. The molecule has 0 saturated carbocycles. The summed E-state index contributed by atoms with van der Waals surface area (Å²) < 4.78 is 58.1. The number of rotatable bonds is 4. The lowest BCUT2D eigenvalue weighted by molar-refractivity contribution is -0.143. The van der Waals surface area contributed by atoms with Crippen molar-refractivity contribution in [3.8, 4) is 17.0 Å². The molecule has 4 nitrogen and oxygen atoms in total. The molecule has 1 heterocycles. The van der Waals surface area contributed by atoms with Crippen LogP contribution in [0.5, 0.6) is 5.75 Å². The molecule has 0 fully saturated rings. The Labute approximate surface area is 129 Å². The van der Waals surface area contributed by atoms with E-state index in [9.17, 15) is 22.7 Å². The Morgan fingerprint density at radius 1 is 1.22 bits per heavy atom. The standard InChI is InChI=1S/C15H13F4NO3/c1-23-8-2-4-11(16)10(6-8)12-5-3-9(13(22)7-21)14(20-12)15(17,18)19/h2-6,13,21-22H,7H2,1H3/t13-/m1/s1. The Kier molecular flexibility index (Phi) is 4.86. The molecule has 23 heavy (non-hydrogen) atoms. The summed E-state index contributed by atoms with van der Waals surface area (Å²) in [6, 6.07) is 5.71. The van der Waals surface area contributed by atoms with Crippen LogP contribution in [0.4, 0.5) is 17.6 Å². The number of aromatic nitrogens is 1. The second-order valence-corrected chi connectivity index (χ2v) is 4.68. The van der Waals surface area contributed by atoms with Crippen LogP contribution >= 0.6 is 0 Å². The minimum atomic E-state index is -4.86. The highest BCUT2D eigenvalue weighted by atomic mass is 19.4. The number of pyridine rings is 1. The zero-order valence-corrected chi connectivity index (χ0v) is 11.9. The number of nitrogens with zero attached hydrogens (tertiary/aromatic N) is 1. The molecule has 124 valence electrons. The summed E-state index contributed by atoms with van der Waals surface area (Å²) in [6.45, 7) is -0.891. The molecule has 0 amide bonds. The van der Waals surface area contributed by atoms with Gasteiger partial charge in [0.25, 0.3) is 0 Å². The molecular weight excluding hydrogens is 318 g/mol. The normalized spacial score (nSPS) is 13.0. The van der Waals surface area contributed by atoms with E-state index in [4.69, 9.17) is 9.84 Å². The molecule has 2 aromatic rings. The number of methoxy groups -OCH3 is 1. The quantitative estimate of drug-likeness (QED) is 0.846. The van der Waals surface area contributed by atoms with Crippen molar-refractivity contribution in [3.05, 3.63) is 47.4 Å². The summed E-state index contributed by atoms with van der Waals surface area (Å²) in [5.41, 5.74) is -2.38. The van der Waals surface area contributed by atoms with Crippen molar-refractivity contribution >= 4 is 0 Å². The Morgan fingerprint density at radius 3 is 2.48 bits per heavy atom. The average molecular weight is 331 g/mol. The van der Waals surface area contributed by atoms with Crippen molar-refractivity contribution in [1.82, 2.24) is 4.98 Å². The molecule has 8 heteroatoms. The predicted octanol–water partition coefficient (Wildman–Crippen LogP) is 2.94. The molecule has 1 atom stereocenters. The van der Waals surface area contributed by atoms with Crippen molar-refractivity contribution in [2.75, 3.05) is 13.7 Å². The van der Waals surface area contributed by atoms with E-state index in [-0.39, 0.29) is 17.0 Å². The lowest BCUT2D eigenvalue weighted by Gasteiger charge is -2.16. The van der Waals surface area contributed by atoms with Gasteiger partial charge in [0.1, 0.15) is 17.7 Å². The maximum Gasteiger partial charge on any atom is 0.433 e. The van der Waals surface area contributed by atoms with Crippen LogP contribution in [0.1, 0.15) is 17.4 Å². The molecule has 0 aliphatic rings. The molecule has 0 aliphatic carbocycles. The van der Waals surface area contributed by atoms with E-state index in [1.54, 1.807) is 0 Å². The van der Waals surface area contributed by atoms with Crippen LogP contribution in [0.15, 0.2) is 30.3 Å². The molecular formula is C15H13F4NO3. The lowest BCUT2D eigenvalue weighted by Crippen LogP contribution is -2.16. The van der Waals surface area contributed by atoms with Gasteiger partial charge in [0.2, 0.25) is 0 Å². The molecule has 1 aromatic heterocycles. The van der Waals surface area contributed by atoms with Gasteiger partial charge in [0.15, 0.2) is 5.69 Å². The molecule has 0 spiro atoms. The largest absolute Gasteiger partial charge is 0.497 e. The van der Waals surface area contributed by atoms with Gasteiger partial charge < -0.3 is 14.9 Å². The summed E-state index contributed by atoms with van der Waals surface area (Å²) in [5.74, 6) is -0.502. The molecule has 0 unspecified atom stereocenters. The zero-order chi connectivity index (χ0) is 17.2. The van der Waals surface area contributed by atoms with Crippen molar-refractivity contribution in [2.45, 2.75) is 12.3 Å². The zero-order valence-electron chi connectivity index (χ0n) is 11.9. The van der Waals surface area contributed by atoms with Gasteiger partial charge in [0.05, 0.1) is 19.4 Å². The molecule has 0 bridgehead atoms. The average Bonchev–Trinajstić information content (AvgIpc) is 2.53. The number of hydrogen-bond acceptors (Lipinski definition) is 4. The monoisotopic (exact) mass is 331 g/mol. The van der Waals surface area contributed by atoms with E-state index in [0.29, 0.717) is 0 Å². The first-order valence-electron chi connectivity index (χ1n) is 6.49. The predicted molar refractivity (Wildman–Crippen MR) is 73.2 cm³/mol. The first-order chi connectivity index (χ1) is 10.8.